The molecule has 8 heteroatoms. The maximum atomic E-state index is 14.1. The smallest absolute Gasteiger partial charge is 0.356 e. The van der Waals surface area contributed by atoms with E-state index in [1.165, 1.54) is 11.0 Å². The van der Waals surface area contributed by atoms with Crippen molar-refractivity contribution in [3.63, 3.8) is 0 Å². The third-order valence-electron chi connectivity index (χ3n) is 5.45. The standard InChI is InChI=1S/C19H26F4N4/c1-24-17(25-10-14-6-9-27(11-14)13-19(21,22)23)26-12-18(7-8-18)15-4-2-3-5-16(15)20/h2-5,14H,6-13H2,1H3,(H2,24,25,26). The monoisotopic (exact) mass is 386 g/mol. The van der Waals surface area contributed by atoms with Crippen LogP contribution in [0.25, 0.3) is 0 Å². The number of hydrogen-bond acceptors (Lipinski definition) is 2. The molecule has 1 heterocycles. The highest BCUT2D eigenvalue weighted by Gasteiger charge is 2.45. The zero-order valence-electron chi connectivity index (χ0n) is 15.4. The predicted octanol–water partition coefficient (Wildman–Crippen LogP) is 2.91. The molecule has 1 aromatic carbocycles. The minimum absolute atomic E-state index is 0.160. The van der Waals surface area contributed by atoms with E-state index in [0.717, 1.165) is 24.8 Å². The van der Waals surface area contributed by atoms with Crippen LogP contribution in [0.5, 0.6) is 0 Å². The minimum Gasteiger partial charge on any atom is -0.356 e. The zero-order chi connectivity index (χ0) is 19.5. The van der Waals surface area contributed by atoms with Crippen LogP contribution in [0.15, 0.2) is 29.3 Å². The molecule has 1 aliphatic carbocycles. The van der Waals surface area contributed by atoms with E-state index < -0.39 is 12.7 Å². The summed E-state index contributed by atoms with van der Waals surface area (Å²) in [5.74, 6) is 0.578. The van der Waals surface area contributed by atoms with Crippen molar-refractivity contribution >= 4 is 5.96 Å². The van der Waals surface area contributed by atoms with Gasteiger partial charge >= 0.3 is 6.18 Å². The van der Waals surface area contributed by atoms with Gasteiger partial charge < -0.3 is 10.6 Å². The second-order valence-electron chi connectivity index (χ2n) is 7.57. The van der Waals surface area contributed by atoms with E-state index in [2.05, 4.69) is 15.6 Å². The van der Waals surface area contributed by atoms with E-state index in [1.807, 2.05) is 12.1 Å². The highest BCUT2D eigenvalue weighted by atomic mass is 19.4. The first-order chi connectivity index (χ1) is 12.8. The molecule has 2 fully saturated rings. The van der Waals surface area contributed by atoms with Crippen molar-refractivity contribution in [3.05, 3.63) is 35.6 Å². The highest BCUT2D eigenvalue weighted by molar-refractivity contribution is 5.79. The average Bonchev–Trinajstić information content (AvgIpc) is 3.27. The predicted molar refractivity (Wildman–Crippen MR) is 97.3 cm³/mol. The van der Waals surface area contributed by atoms with E-state index in [4.69, 9.17) is 0 Å². The Hall–Kier alpha value is -1.83. The van der Waals surface area contributed by atoms with Crippen molar-refractivity contribution in [1.29, 1.82) is 0 Å². The summed E-state index contributed by atoms with van der Waals surface area (Å²) in [7, 11) is 1.66. The number of hydrogen-bond donors (Lipinski definition) is 2. The SMILES string of the molecule is CN=C(NCC1CCN(CC(F)(F)F)C1)NCC1(c2ccccc2F)CC1. The number of benzene rings is 1. The Morgan fingerprint density at radius 1 is 1.26 bits per heavy atom. The van der Waals surface area contributed by atoms with Gasteiger partial charge in [-0.25, -0.2) is 4.39 Å². The number of alkyl halides is 3. The maximum Gasteiger partial charge on any atom is 0.401 e. The molecule has 1 atom stereocenters. The summed E-state index contributed by atoms with van der Waals surface area (Å²) in [5, 5.41) is 6.45. The van der Waals surface area contributed by atoms with Gasteiger partial charge in [0.15, 0.2) is 5.96 Å². The Labute approximate surface area is 157 Å². The molecule has 1 aromatic rings. The third-order valence-corrected chi connectivity index (χ3v) is 5.45. The first kappa shape index (κ1) is 19.9. The topological polar surface area (TPSA) is 39.7 Å². The largest absolute Gasteiger partial charge is 0.401 e. The van der Waals surface area contributed by atoms with Crippen LogP contribution in [-0.4, -0.2) is 56.8 Å². The highest BCUT2D eigenvalue weighted by Crippen LogP contribution is 2.48. The lowest BCUT2D eigenvalue weighted by Gasteiger charge is -2.21. The Morgan fingerprint density at radius 3 is 2.63 bits per heavy atom. The van der Waals surface area contributed by atoms with Crippen LogP contribution in [0.4, 0.5) is 17.6 Å². The van der Waals surface area contributed by atoms with Crippen LogP contribution >= 0.6 is 0 Å². The number of rotatable bonds is 6. The molecular formula is C19H26F4N4. The van der Waals surface area contributed by atoms with Gasteiger partial charge in [-0.15, -0.1) is 0 Å². The van der Waals surface area contributed by atoms with Gasteiger partial charge in [0, 0.05) is 32.1 Å². The molecule has 1 saturated carbocycles. The molecule has 2 N–H and O–H groups in total. The third kappa shape index (κ3) is 5.34. The number of nitrogens with one attached hydrogen (secondary N) is 2. The fourth-order valence-electron chi connectivity index (χ4n) is 3.77. The molecule has 27 heavy (non-hydrogen) atoms. The van der Waals surface area contributed by atoms with Crippen molar-refractivity contribution in [2.45, 2.75) is 30.9 Å². The van der Waals surface area contributed by atoms with Gasteiger partial charge in [-0.3, -0.25) is 9.89 Å². The van der Waals surface area contributed by atoms with Crippen molar-refractivity contribution in [2.24, 2.45) is 10.9 Å². The van der Waals surface area contributed by atoms with Crippen LogP contribution in [0.3, 0.4) is 0 Å². The van der Waals surface area contributed by atoms with Crippen molar-refractivity contribution < 1.29 is 17.6 Å². The molecule has 1 unspecified atom stereocenters. The number of halogens is 4. The summed E-state index contributed by atoms with van der Waals surface area (Å²) in [5.41, 5.74) is 0.534. The van der Waals surface area contributed by atoms with Crippen molar-refractivity contribution in [2.75, 3.05) is 39.8 Å². The molecule has 3 rings (SSSR count). The molecule has 1 saturated heterocycles. The number of guanidine groups is 1. The van der Waals surface area contributed by atoms with Crippen LogP contribution in [0.2, 0.25) is 0 Å². The van der Waals surface area contributed by atoms with Crippen molar-refractivity contribution in [3.8, 4) is 0 Å². The summed E-state index contributed by atoms with van der Waals surface area (Å²) in [6.07, 6.45) is -1.57. The van der Waals surface area contributed by atoms with Gasteiger partial charge in [0.25, 0.3) is 0 Å². The van der Waals surface area contributed by atoms with Crippen LogP contribution < -0.4 is 10.6 Å². The fourth-order valence-corrected chi connectivity index (χ4v) is 3.77. The molecule has 2 aliphatic rings. The Kier molecular flexibility index (Phi) is 5.93. The molecule has 0 bridgehead atoms. The lowest BCUT2D eigenvalue weighted by molar-refractivity contribution is -0.143. The first-order valence-corrected chi connectivity index (χ1v) is 9.30. The summed E-state index contributed by atoms with van der Waals surface area (Å²) >= 11 is 0. The Balaban J connectivity index is 1.45. The normalized spacial score (nSPS) is 22.7. The summed E-state index contributed by atoms with van der Waals surface area (Å²) in [4.78, 5) is 5.63. The molecule has 0 radical (unpaired) electrons. The molecule has 4 nitrogen and oxygen atoms in total. The van der Waals surface area contributed by atoms with Crippen LogP contribution in [-0.2, 0) is 5.41 Å². The number of likely N-dealkylation sites (tertiary alicyclic amines) is 1. The Bertz CT molecular complexity index is 670. The summed E-state index contributed by atoms with van der Waals surface area (Å²) in [6, 6.07) is 6.84. The van der Waals surface area contributed by atoms with Gasteiger partial charge in [0.1, 0.15) is 5.82 Å². The van der Waals surface area contributed by atoms with E-state index in [0.29, 0.717) is 32.1 Å². The van der Waals surface area contributed by atoms with Gasteiger partial charge in [-0.1, -0.05) is 18.2 Å². The minimum atomic E-state index is -4.15. The maximum absolute atomic E-state index is 14.1. The van der Waals surface area contributed by atoms with E-state index in [1.54, 1.807) is 13.1 Å². The van der Waals surface area contributed by atoms with Crippen LogP contribution in [0.1, 0.15) is 24.8 Å². The van der Waals surface area contributed by atoms with Crippen LogP contribution in [0, 0.1) is 11.7 Å². The van der Waals surface area contributed by atoms with Gasteiger partial charge in [0.2, 0.25) is 0 Å². The zero-order valence-corrected chi connectivity index (χ0v) is 15.4. The van der Waals surface area contributed by atoms with Gasteiger partial charge in [-0.05, 0) is 43.4 Å². The lowest BCUT2D eigenvalue weighted by Crippen LogP contribution is -2.43. The molecular weight excluding hydrogens is 360 g/mol. The second kappa shape index (κ2) is 8.04. The molecule has 0 spiro atoms. The quantitative estimate of drug-likeness (QED) is 0.449. The lowest BCUT2D eigenvalue weighted by atomic mass is 9.95. The average molecular weight is 386 g/mol. The number of aliphatic imine (C=N–C) groups is 1. The van der Waals surface area contributed by atoms with E-state index >= 15 is 0 Å². The molecule has 1 aliphatic heterocycles. The first-order valence-electron chi connectivity index (χ1n) is 9.30. The van der Waals surface area contributed by atoms with Gasteiger partial charge in [0.05, 0.1) is 6.54 Å². The second-order valence-corrected chi connectivity index (χ2v) is 7.57. The Morgan fingerprint density at radius 2 is 2.00 bits per heavy atom. The van der Waals surface area contributed by atoms with E-state index in [9.17, 15) is 17.6 Å². The molecule has 0 amide bonds. The summed E-state index contributed by atoms with van der Waals surface area (Å²) in [6.45, 7) is 1.21. The van der Waals surface area contributed by atoms with E-state index in [-0.39, 0.29) is 17.2 Å². The molecule has 0 aromatic heterocycles. The summed E-state index contributed by atoms with van der Waals surface area (Å²) < 4.78 is 51.5. The number of nitrogens with zero attached hydrogens (tertiary/aromatic N) is 2. The van der Waals surface area contributed by atoms with Gasteiger partial charge in [-0.2, -0.15) is 13.2 Å². The fraction of sp³-hybridized carbons (Fsp3) is 0.632. The van der Waals surface area contributed by atoms with Crippen molar-refractivity contribution in [1.82, 2.24) is 15.5 Å². The molecule has 150 valence electrons.